The highest BCUT2D eigenvalue weighted by Gasteiger charge is 2.19. The standard InChI is InChI=1S/C19H25BrN4/c1-24(17-5-3-2-4-6-17)18-12-14-22-19(23-18)21-13-11-15-7-9-16(20)10-8-15/h7-10,12,14,17H,2-6,11,13H2,1H3,(H,21,22,23). The summed E-state index contributed by atoms with van der Waals surface area (Å²) in [5.41, 5.74) is 1.31. The molecular weight excluding hydrogens is 364 g/mol. The monoisotopic (exact) mass is 388 g/mol. The largest absolute Gasteiger partial charge is 0.357 e. The zero-order valence-corrected chi connectivity index (χ0v) is 15.8. The normalized spacial score (nSPS) is 15.2. The number of halogens is 1. The molecule has 0 spiro atoms. The van der Waals surface area contributed by atoms with Gasteiger partial charge in [0.05, 0.1) is 0 Å². The lowest BCUT2D eigenvalue weighted by atomic mass is 9.94. The van der Waals surface area contributed by atoms with Gasteiger partial charge >= 0.3 is 0 Å². The number of anilines is 2. The van der Waals surface area contributed by atoms with Gasteiger partial charge in [-0.1, -0.05) is 47.3 Å². The van der Waals surface area contributed by atoms with Crippen LogP contribution in [0.25, 0.3) is 0 Å². The summed E-state index contributed by atoms with van der Waals surface area (Å²) in [6.45, 7) is 0.832. The van der Waals surface area contributed by atoms with Crippen LogP contribution in [-0.4, -0.2) is 29.6 Å². The zero-order valence-electron chi connectivity index (χ0n) is 14.2. The number of nitrogens with zero attached hydrogens (tertiary/aromatic N) is 3. The molecule has 0 bridgehead atoms. The predicted octanol–water partition coefficient (Wildman–Crippen LogP) is 4.66. The van der Waals surface area contributed by atoms with Crippen molar-refractivity contribution in [2.45, 2.75) is 44.6 Å². The number of benzene rings is 1. The van der Waals surface area contributed by atoms with E-state index in [1.165, 1.54) is 37.7 Å². The van der Waals surface area contributed by atoms with Gasteiger partial charge in [0, 0.05) is 30.3 Å². The van der Waals surface area contributed by atoms with Crippen molar-refractivity contribution in [3.63, 3.8) is 0 Å². The van der Waals surface area contributed by atoms with Crippen LogP contribution in [0.5, 0.6) is 0 Å². The van der Waals surface area contributed by atoms with Gasteiger partial charge < -0.3 is 10.2 Å². The number of hydrogen-bond acceptors (Lipinski definition) is 4. The second kappa shape index (κ2) is 8.47. The summed E-state index contributed by atoms with van der Waals surface area (Å²) < 4.78 is 1.11. The van der Waals surface area contributed by atoms with Crippen LogP contribution in [-0.2, 0) is 6.42 Å². The Balaban J connectivity index is 1.55. The average molecular weight is 389 g/mol. The summed E-state index contributed by atoms with van der Waals surface area (Å²) in [5.74, 6) is 1.73. The van der Waals surface area contributed by atoms with E-state index in [-0.39, 0.29) is 0 Å². The van der Waals surface area contributed by atoms with Crippen LogP contribution in [0.15, 0.2) is 41.0 Å². The maximum atomic E-state index is 4.69. The summed E-state index contributed by atoms with van der Waals surface area (Å²) in [4.78, 5) is 11.4. The molecule has 1 saturated carbocycles. The van der Waals surface area contributed by atoms with Crippen LogP contribution in [0.2, 0.25) is 0 Å². The van der Waals surface area contributed by atoms with Crippen molar-refractivity contribution in [2.75, 3.05) is 23.8 Å². The second-order valence-electron chi connectivity index (χ2n) is 6.44. The van der Waals surface area contributed by atoms with Crippen molar-refractivity contribution in [3.8, 4) is 0 Å². The fourth-order valence-electron chi connectivity index (χ4n) is 3.26. The first kappa shape index (κ1) is 17.2. The van der Waals surface area contributed by atoms with E-state index in [1.807, 2.05) is 12.3 Å². The topological polar surface area (TPSA) is 41.1 Å². The van der Waals surface area contributed by atoms with Crippen molar-refractivity contribution in [2.24, 2.45) is 0 Å². The van der Waals surface area contributed by atoms with Gasteiger partial charge in [0.25, 0.3) is 0 Å². The SMILES string of the molecule is CN(c1ccnc(NCCc2ccc(Br)cc2)n1)C1CCCCC1. The van der Waals surface area contributed by atoms with Crippen molar-refractivity contribution < 1.29 is 0 Å². The smallest absolute Gasteiger partial charge is 0.224 e. The summed E-state index contributed by atoms with van der Waals surface area (Å²) in [5, 5.41) is 3.35. The molecule has 0 radical (unpaired) electrons. The fourth-order valence-corrected chi connectivity index (χ4v) is 3.52. The molecule has 0 saturated heterocycles. The maximum absolute atomic E-state index is 4.69. The lowest BCUT2D eigenvalue weighted by Crippen LogP contribution is -2.34. The first-order valence-corrected chi connectivity index (χ1v) is 9.56. The number of aromatic nitrogens is 2. The first-order valence-electron chi connectivity index (χ1n) is 8.76. The molecule has 24 heavy (non-hydrogen) atoms. The summed E-state index contributed by atoms with van der Waals surface area (Å²) in [7, 11) is 2.16. The number of hydrogen-bond donors (Lipinski definition) is 1. The van der Waals surface area contributed by atoms with Gasteiger partial charge in [0.1, 0.15) is 5.82 Å². The summed E-state index contributed by atoms with van der Waals surface area (Å²) in [6.07, 6.45) is 9.39. The van der Waals surface area contributed by atoms with Crippen LogP contribution in [0.4, 0.5) is 11.8 Å². The van der Waals surface area contributed by atoms with E-state index >= 15 is 0 Å². The van der Waals surface area contributed by atoms with Gasteiger partial charge in [-0.25, -0.2) is 4.98 Å². The molecule has 128 valence electrons. The van der Waals surface area contributed by atoms with Crippen molar-refractivity contribution in [1.29, 1.82) is 0 Å². The Morgan fingerprint density at radius 2 is 1.88 bits per heavy atom. The fraction of sp³-hybridized carbons (Fsp3) is 0.474. The van der Waals surface area contributed by atoms with Gasteiger partial charge in [0.15, 0.2) is 0 Å². The van der Waals surface area contributed by atoms with Crippen LogP contribution < -0.4 is 10.2 Å². The molecule has 1 aromatic carbocycles. The number of nitrogens with one attached hydrogen (secondary N) is 1. The highest BCUT2D eigenvalue weighted by atomic mass is 79.9. The quantitative estimate of drug-likeness (QED) is 0.780. The third kappa shape index (κ3) is 4.69. The zero-order chi connectivity index (χ0) is 16.8. The Bertz CT molecular complexity index is 638. The molecule has 1 aliphatic rings. The van der Waals surface area contributed by atoms with Gasteiger partial charge in [-0.2, -0.15) is 4.98 Å². The molecule has 5 heteroatoms. The molecule has 0 atom stereocenters. The Morgan fingerprint density at radius 3 is 2.62 bits per heavy atom. The molecular formula is C19H25BrN4. The van der Waals surface area contributed by atoms with Gasteiger partial charge in [-0.3, -0.25) is 0 Å². The van der Waals surface area contributed by atoms with Crippen molar-refractivity contribution in [3.05, 3.63) is 46.6 Å². The Labute approximate surface area is 152 Å². The molecule has 2 aromatic rings. The molecule has 3 rings (SSSR count). The van der Waals surface area contributed by atoms with E-state index in [0.717, 1.165) is 23.3 Å². The van der Waals surface area contributed by atoms with E-state index < -0.39 is 0 Å². The first-order chi connectivity index (χ1) is 11.7. The highest BCUT2D eigenvalue weighted by Crippen LogP contribution is 2.25. The Kier molecular flexibility index (Phi) is 6.07. The molecule has 1 aliphatic carbocycles. The minimum atomic E-state index is 0.615. The average Bonchev–Trinajstić information content (AvgIpc) is 2.64. The second-order valence-corrected chi connectivity index (χ2v) is 7.36. The molecule has 1 fully saturated rings. The molecule has 1 N–H and O–H groups in total. The number of rotatable bonds is 6. The van der Waals surface area contributed by atoms with E-state index in [4.69, 9.17) is 0 Å². The molecule has 0 unspecified atom stereocenters. The molecule has 1 heterocycles. The molecule has 0 amide bonds. The van der Waals surface area contributed by atoms with E-state index in [2.05, 4.69) is 67.4 Å². The summed E-state index contributed by atoms with van der Waals surface area (Å²) >= 11 is 3.46. The van der Waals surface area contributed by atoms with E-state index in [1.54, 1.807) is 0 Å². The summed E-state index contributed by atoms with van der Waals surface area (Å²) in [6, 6.07) is 11.1. The lowest BCUT2D eigenvalue weighted by Gasteiger charge is -2.32. The third-order valence-electron chi connectivity index (χ3n) is 4.73. The lowest BCUT2D eigenvalue weighted by molar-refractivity contribution is 0.426. The van der Waals surface area contributed by atoms with Crippen LogP contribution in [0.3, 0.4) is 0 Å². The van der Waals surface area contributed by atoms with Gasteiger partial charge in [-0.15, -0.1) is 0 Å². The van der Waals surface area contributed by atoms with Crippen LogP contribution >= 0.6 is 15.9 Å². The highest BCUT2D eigenvalue weighted by molar-refractivity contribution is 9.10. The van der Waals surface area contributed by atoms with Crippen LogP contribution in [0, 0.1) is 0 Å². The van der Waals surface area contributed by atoms with E-state index in [9.17, 15) is 0 Å². The van der Waals surface area contributed by atoms with Gasteiger partial charge in [-0.05, 0) is 43.0 Å². The predicted molar refractivity (Wildman–Crippen MR) is 104 cm³/mol. The third-order valence-corrected chi connectivity index (χ3v) is 5.26. The van der Waals surface area contributed by atoms with Gasteiger partial charge in [0.2, 0.25) is 5.95 Å². The van der Waals surface area contributed by atoms with Crippen molar-refractivity contribution in [1.82, 2.24) is 9.97 Å². The van der Waals surface area contributed by atoms with Crippen molar-refractivity contribution >= 4 is 27.7 Å². The van der Waals surface area contributed by atoms with Crippen LogP contribution in [0.1, 0.15) is 37.7 Å². The maximum Gasteiger partial charge on any atom is 0.224 e. The van der Waals surface area contributed by atoms with E-state index in [0.29, 0.717) is 12.0 Å². The Hall–Kier alpha value is -1.62. The minimum absolute atomic E-state index is 0.615. The molecule has 4 nitrogen and oxygen atoms in total. The Morgan fingerprint density at radius 1 is 1.12 bits per heavy atom. The minimum Gasteiger partial charge on any atom is -0.357 e. The molecule has 0 aliphatic heterocycles. The molecule has 1 aromatic heterocycles.